The smallest absolute Gasteiger partial charge is 0.283 e. The number of aliphatic hydroxyl groups excluding tert-OH is 4. The summed E-state index contributed by atoms with van der Waals surface area (Å²) in [5, 5.41) is 50.1. The van der Waals surface area contributed by atoms with Crippen LogP contribution in [0.1, 0.15) is 5.56 Å². The summed E-state index contributed by atoms with van der Waals surface area (Å²) in [7, 11) is 3.35. The summed E-state index contributed by atoms with van der Waals surface area (Å²) < 4.78 is 37.1. The van der Waals surface area contributed by atoms with Gasteiger partial charge in [0.05, 0.1) is 63.2 Å². The van der Waals surface area contributed by atoms with E-state index in [1.807, 2.05) is 0 Å². The molecule has 1 aliphatic rings. The van der Waals surface area contributed by atoms with Crippen LogP contribution in [0.2, 0.25) is 0 Å². The molecule has 1 saturated heterocycles. The van der Waals surface area contributed by atoms with Gasteiger partial charge >= 0.3 is 0 Å². The quantitative estimate of drug-likeness (QED) is 0.107. The van der Waals surface area contributed by atoms with Crippen molar-refractivity contribution >= 4 is 27.9 Å². The van der Waals surface area contributed by atoms with Crippen LogP contribution in [-0.4, -0.2) is 112 Å². The first-order chi connectivity index (χ1) is 14.1. The average Bonchev–Trinajstić information content (AvgIpc) is 2.63. The maximum atomic E-state index is 10.7. The van der Waals surface area contributed by atoms with E-state index in [-0.39, 0.29) is 17.9 Å². The number of hydrogen-bond acceptors (Lipinski definition) is 11. The van der Waals surface area contributed by atoms with E-state index in [1.165, 1.54) is 24.3 Å². The standard InChI is InChI=1S/C14H19NO9S2.C4H12N/c16-6-10-11(18)12(19)13(20)14(25-10)9(15-24-26(21,22)23)5-7-1-3-8(17)4-2-7;1-5(2,3)4/h1-4,10-14,16-20H,5-6H2,(H,21,22,23);1-4H3/q;+1/p-1/t10-,11-,12+,13-,14+;/m1./s1. The van der Waals surface area contributed by atoms with Gasteiger partial charge in [-0.2, -0.15) is 8.42 Å². The van der Waals surface area contributed by atoms with Crippen molar-refractivity contribution in [2.75, 3.05) is 34.8 Å². The van der Waals surface area contributed by atoms with Gasteiger partial charge in [0.1, 0.15) is 11.9 Å². The summed E-state index contributed by atoms with van der Waals surface area (Å²) in [6.45, 7) is -0.515. The van der Waals surface area contributed by atoms with Crippen LogP contribution in [0.4, 0.5) is 0 Å². The summed E-state index contributed by atoms with van der Waals surface area (Å²) in [5.74, 6) is -0.00316. The van der Waals surface area contributed by atoms with Gasteiger partial charge in [-0.05, 0) is 17.7 Å². The van der Waals surface area contributed by atoms with E-state index < -0.39 is 45.8 Å². The van der Waals surface area contributed by atoms with E-state index in [2.05, 4.69) is 37.6 Å². The Kier molecular flexibility index (Phi) is 10.2. The van der Waals surface area contributed by atoms with Crippen molar-refractivity contribution in [1.29, 1.82) is 0 Å². The van der Waals surface area contributed by atoms with Gasteiger partial charge < -0.3 is 34.6 Å². The van der Waals surface area contributed by atoms with Crippen LogP contribution in [-0.2, 0) is 21.1 Å². The van der Waals surface area contributed by atoms with Crippen LogP contribution in [0, 0.1) is 0 Å². The van der Waals surface area contributed by atoms with Crippen LogP contribution in [0.25, 0.3) is 0 Å². The molecule has 31 heavy (non-hydrogen) atoms. The number of aromatic hydroxyl groups is 1. The molecule has 0 spiro atoms. The second-order valence-corrected chi connectivity index (χ2v) is 10.7. The number of phenols is 1. The van der Waals surface area contributed by atoms with Crippen molar-refractivity contribution in [3.63, 3.8) is 0 Å². The molecule has 2 rings (SSSR count). The third-order valence-corrected chi connectivity index (χ3v) is 5.67. The Morgan fingerprint density at radius 1 is 1.10 bits per heavy atom. The molecule has 0 radical (unpaired) electrons. The van der Waals surface area contributed by atoms with E-state index in [0.29, 0.717) is 5.56 Å². The molecule has 5 N–H and O–H groups in total. The molecule has 5 atom stereocenters. The highest BCUT2D eigenvalue weighted by atomic mass is 32.3. The monoisotopic (exact) mass is 482 g/mol. The zero-order chi connectivity index (χ0) is 24.0. The molecule has 1 aromatic carbocycles. The molecule has 1 heterocycles. The Balaban J connectivity index is 0.000000861. The molecule has 0 amide bonds. The number of aliphatic hydroxyl groups is 4. The lowest BCUT2D eigenvalue weighted by molar-refractivity contribution is -0.849. The highest BCUT2D eigenvalue weighted by Gasteiger charge is 2.45. The fourth-order valence-corrected chi connectivity index (χ4v) is 4.06. The molecule has 13 heteroatoms. The largest absolute Gasteiger partial charge is 0.714 e. The van der Waals surface area contributed by atoms with Crippen molar-refractivity contribution in [1.82, 2.24) is 0 Å². The van der Waals surface area contributed by atoms with Crippen LogP contribution >= 0.6 is 11.8 Å². The number of nitrogens with zero attached hydrogens (tertiary/aromatic N) is 2. The molecule has 1 aromatic rings. The van der Waals surface area contributed by atoms with Crippen molar-refractivity contribution in [3.05, 3.63) is 29.8 Å². The Morgan fingerprint density at radius 3 is 2.06 bits per heavy atom. The van der Waals surface area contributed by atoms with Crippen LogP contribution in [0.3, 0.4) is 0 Å². The van der Waals surface area contributed by atoms with Crippen LogP contribution in [0.5, 0.6) is 5.75 Å². The zero-order valence-electron chi connectivity index (χ0n) is 17.7. The molecule has 11 nitrogen and oxygen atoms in total. The number of hydrogen-bond donors (Lipinski definition) is 5. The van der Waals surface area contributed by atoms with Crippen LogP contribution < -0.4 is 0 Å². The number of quaternary nitrogens is 1. The summed E-state index contributed by atoms with van der Waals surface area (Å²) in [6.07, 6.45) is -4.65. The van der Waals surface area contributed by atoms with E-state index in [0.717, 1.165) is 16.2 Å². The number of oxime groups is 1. The Labute approximate surface area is 186 Å². The highest BCUT2D eigenvalue weighted by molar-refractivity contribution is 8.01. The molecule has 0 bridgehead atoms. The number of thioether (sulfide) groups is 1. The van der Waals surface area contributed by atoms with Crippen molar-refractivity contribution < 1.29 is 47.3 Å². The van der Waals surface area contributed by atoms with Gasteiger partial charge in [-0.3, -0.25) is 4.28 Å². The van der Waals surface area contributed by atoms with E-state index in [4.69, 9.17) is 0 Å². The van der Waals surface area contributed by atoms with E-state index in [9.17, 15) is 38.5 Å². The van der Waals surface area contributed by atoms with Gasteiger partial charge in [0, 0.05) is 6.42 Å². The lowest BCUT2D eigenvalue weighted by Gasteiger charge is -2.39. The van der Waals surface area contributed by atoms with E-state index >= 15 is 0 Å². The summed E-state index contributed by atoms with van der Waals surface area (Å²) in [4.78, 5) is 0. The second-order valence-electron chi connectivity index (χ2n) is 8.34. The Hall–Kier alpha value is -1.45. The summed E-state index contributed by atoms with van der Waals surface area (Å²) in [5.41, 5.74) is 0.444. The SMILES string of the molecule is C[N+](C)(C)C.O=S(=O)([O-])ON=C(Cc1ccc(O)cc1)[C@@H]1S[C@H](CO)[C@@H](O)[C@H](O)[C@H]1O. The Bertz CT molecular complexity index is 817. The minimum Gasteiger partial charge on any atom is -0.714 e. The van der Waals surface area contributed by atoms with E-state index in [1.54, 1.807) is 0 Å². The van der Waals surface area contributed by atoms with Gasteiger partial charge in [0.15, 0.2) is 0 Å². The summed E-state index contributed by atoms with van der Waals surface area (Å²) in [6, 6.07) is 5.76. The maximum Gasteiger partial charge on any atom is 0.283 e. The van der Waals surface area contributed by atoms with Crippen molar-refractivity contribution in [3.8, 4) is 5.75 Å². The summed E-state index contributed by atoms with van der Waals surface area (Å²) >= 11 is 0.865. The normalized spacial score (nSPS) is 27.3. The molecule has 0 saturated carbocycles. The first-order valence-electron chi connectivity index (χ1n) is 9.21. The van der Waals surface area contributed by atoms with Crippen molar-refractivity contribution in [2.45, 2.75) is 35.2 Å². The third kappa shape index (κ3) is 10.1. The fourth-order valence-electron chi connectivity index (χ4n) is 2.48. The molecular weight excluding hydrogens is 452 g/mol. The predicted octanol–water partition coefficient (Wildman–Crippen LogP) is -1.35. The first kappa shape index (κ1) is 27.6. The topological polar surface area (TPSA) is 180 Å². The third-order valence-electron chi connectivity index (χ3n) is 3.79. The van der Waals surface area contributed by atoms with Gasteiger partial charge in [-0.15, -0.1) is 11.8 Å². The molecular formula is C18H30N2O9S2. The lowest BCUT2D eigenvalue weighted by atomic mass is 9.96. The Morgan fingerprint density at radius 2 is 1.61 bits per heavy atom. The molecule has 1 fully saturated rings. The minimum absolute atomic E-state index is 0.00316. The molecule has 178 valence electrons. The minimum atomic E-state index is -5.15. The first-order valence-corrected chi connectivity index (χ1v) is 11.5. The number of rotatable bonds is 6. The van der Waals surface area contributed by atoms with Gasteiger partial charge in [0.25, 0.3) is 10.4 Å². The second kappa shape index (κ2) is 11.4. The molecule has 0 unspecified atom stereocenters. The molecule has 0 aliphatic carbocycles. The van der Waals surface area contributed by atoms with Gasteiger partial charge in [0.2, 0.25) is 0 Å². The fraction of sp³-hybridized carbons (Fsp3) is 0.611. The molecule has 0 aromatic heterocycles. The predicted molar refractivity (Wildman–Crippen MR) is 114 cm³/mol. The number of benzene rings is 1. The van der Waals surface area contributed by atoms with Crippen LogP contribution in [0.15, 0.2) is 29.4 Å². The van der Waals surface area contributed by atoms with Crippen molar-refractivity contribution in [2.24, 2.45) is 5.16 Å². The number of phenolic OH excluding ortho intramolecular Hbond substituents is 1. The molecule has 1 aliphatic heterocycles. The maximum absolute atomic E-state index is 10.7. The van der Waals surface area contributed by atoms with Gasteiger partial charge in [-0.25, -0.2) is 0 Å². The highest BCUT2D eigenvalue weighted by Crippen LogP contribution is 2.34. The average molecular weight is 483 g/mol. The lowest BCUT2D eigenvalue weighted by Crippen LogP contribution is -2.56. The van der Waals surface area contributed by atoms with Gasteiger partial charge in [-0.1, -0.05) is 17.3 Å². The zero-order valence-corrected chi connectivity index (χ0v) is 19.3.